The van der Waals surface area contributed by atoms with Gasteiger partial charge in [-0.2, -0.15) is 0 Å². The molecule has 1 N–H and O–H groups in total. The van der Waals surface area contributed by atoms with Crippen LogP contribution in [0.2, 0.25) is 0 Å². The summed E-state index contributed by atoms with van der Waals surface area (Å²) in [5.74, 6) is -0.371. The van der Waals surface area contributed by atoms with Gasteiger partial charge < -0.3 is 0 Å². The molecule has 2 aromatic heterocycles. The van der Waals surface area contributed by atoms with Crippen LogP contribution in [0.1, 0.15) is 16.2 Å². The van der Waals surface area contributed by atoms with Crippen LogP contribution in [0.25, 0.3) is 16.3 Å². The number of halogens is 1. The second kappa shape index (κ2) is 7.37. The maximum absolute atomic E-state index is 12.6. The monoisotopic (exact) mass is 440 g/mol. The number of hydrogen-bond acceptors (Lipinski definition) is 6. The Bertz CT molecular complexity index is 1110. The van der Waals surface area contributed by atoms with Gasteiger partial charge >= 0.3 is 0 Å². The molecule has 0 aliphatic carbocycles. The quantitative estimate of drug-likeness (QED) is 0.515. The van der Waals surface area contributed by atoms with Crippen LogP contribution in [0.5, 0.6) is 0 Å². The minimum absolute atomic E-state index is 0.242. The molecule has 0 saturated heterocycles. The molecular formula is C18H13BrN6OS. The van der Waals surface area contributed by atoms with Crippen LogP contribution < -0.4 is 5.32 Å². The Hall–Kier alpha value is -2.91. The van der Waals surface area contributed by atoms with Crippen molar-refractivity contribution in [3.63, 3.8) is 0 Å². The standard InChI is InChI=1S/C18H13BrN6OS/c1-11-15(21-24-25(11)14-9-5-8-13(19)10-14)16(26)20-18-23-22-17(27-18)12-6-3-2-4-7-12/h2-10H,1H3,(H,20,23,26). The van der Waals surface area contributed by atoms with Crippen molar-refractivity contribution in [2.45, 2.75) is 6.92 Å². The summed E-state index contributed by atoms with van der Waals surface area (Å²) < 4.78 is 2.54. The fourth-order valence-corrected chi connectivity index (χ4v) is 3.65. The molecule has 0 spiro atoms. The van der Waals surface area contributed by atoms with E-state index >= 15 is 0 Å². The molecule has 27 heavy (non-hydrogen) atoms. The van der Waals surface area contributed by atoms with Crippen molar-refractivity contribution in [3.05, 3.63) is 70.5 Å². The number of anilines is 1. The molecule has 0 fully saturated rings. The fourth-order valence-electron chi connectivity index (χ4n) is 2.52. The number of carbonyl (C=O) groups excluding carboxylic acids is 1. The van der Waals surface area contributed by atoms with Gasteiger partial charge in [-0.1, -0.05) is 68.9 Å². The normalized spacial score (nSPS) is 10.7. The lowest BCUT2D eigenvalue weighted by Crippen LogP contribution is -2.14. The summed E-state index contributed by atoms with van der Waals surface area (Å²) in [6.45, 7) is 1.80. The summed E-state index contributed by atoms with van der Waals surface area (Å²) in [6.07, 6.45) is 0. The maximum Gasteiger partial charge on any atom is 0.279 e. The maximum atomic E-state index is 12.6. The number of benzene rings is 2. The molecule has 2 aromatic carbocycles. The summed E-state index contributed by atoms with van der Waals surface area (Å²) in [5, 5.41) is 20.2. The van der Waals surface area contributed by atoms with Crippen LogP contribution >= 0.6 is 27.3 Å². The van der Waals surface area contributed by atoms with Crippen LogP contribution in [0.4, 0.5) is 5.13 Å². The molecule has 1 amide bonds. The summed E-state index contributed by atoms with van der Waals surface area (Å²) in [6, 6.07) is 17.3. The van der Waals surface area contributed by atoms with Crippen LogP contribution in [0.15, 0.2) is 59.1 Å². The molecule has 4 rings (SSSR count). The molecule has 9 heteroatoms. The van der Waals surface area contributed by atoms with Crippen molar-refractivity contribution < 1.29 is 4.79 Å². The Balaban J connectivity index is 1.55. The highest BCUT2D eigenvalue weighted by molar-refractivity contribution is 9.10. The zero-order chi connectivity index (χ0) is 18.8. The molecule has 0 aliphatic rings. The Kier molecular flexibility index (Phi) is 4.78. The van der Waals surface area contributed by atoms with Crippen molar-refractivity contribution in [3.8, 4) is 16.3 Å². The number of amides is 1. The highest BCUT2D eigenvalue weighted by Crippen LogP contribution is 2.26. The highest BCUT2D eigenvalue weighted by atomic mass is 79.9. The molecule has 4 aromatic rings. The molecule has 0 bridgehead atoms. The van der Waals surface area contributed by atoms with Gasteiger partial charge in [0.1, 0.15) is 5.01 Å². The van der Waals surface area contributed by atoms with Crippen LogP contribution in [0, 0.1) is 6.92 Å². The van der Waals surface area contributed by atoms with E-state index in [0.29, 0.717) is 10.8 Å². The third-order valence-electron chi connectivity index (χ3n) is 3.83. The molecular weight excluding hydrogens is 428 g/mol. The predicted octanol–water partition coefficient (Wildman–Crippen LogP) is 4.11. The zero-order valence-corrected chi connectivity index (χ0v) is 16.5. The van der Waals surface area contributed by atoms with Crippen molar-refractivity contribution in [2.75, 3.05) is 5.32 Å². The van der Waals surface area contributed by atoms with Gasteiger partial charge in [-0.3, -0.25) is 10.1 Å². The summed E-state index contributed by atoms with van der Waals surface area (Å²) in [7, 11) is 0. The predicted molar refractivity (Wildman–Crippen MR) is 107 cm³/mol. The van der Waals surface area contributed by atoms with Gasteiger partial charge in [0.25, 0.3) is 5.91 Å². The minimum atomic E-state index is -0.371. The summed E-state index contributed by atoms with van der Waals surface area (Å²) in [4.78, 5) is 12.6. The van der Waals surface area contributed by atoms with E-state index in [-0.39, 0.29) is 11.6 Å². The number of hydrogen-bond donors (Lipinski definition) is 1. The average molecular weight is 441 g/mol. The van der Waals surface area contributed by atoms with Gasteiger partial charge in [0.15, 0.2) is 5.69 Å². The van der Waals surface area contributed by atoms with E-state index < -0.39 is 0 Å². The first-order chi connectivity index (χ1) is 13.1. The van der Waals surface area contributed by atoms with Crippen LogP contribution in [0.3, 0.4) is 0 Å². The molecule has 0 radical (unpaired) electrons. The number of carbonyl (C=O) groups is 1. The number of rotatable bonds is 4. The largest absolute Gasteiger partial charge is 0.295 e. The van der Waals surface area contributed by atoms with E-state index in [1.54, 1.807) is 11.6 Å². The lowest BCUT2D eigenvalue weighted by atomic mass is 10.2. The topological polar surface area (TPSA) is 85.6 Å². The third kappa shape index (κ3) is 3.64. The Morgan fingerprint density at radius 1 is 1.07 bits per heavy atom. The average Bonchev–Trinajstić information content (AvgIpc) is 3.29. The molecule has 0 unspecified atom stereocenters. The Morgan fingerprint density at radius 2 is 1.89 bits per heavy atom. The van der Waals surface area contributed by atoms with E-state index in [2.05, 4.69) is 41.8 Å². The van der Waals surface area contributed by atoms with E-state index in [1.807, 2.05) is 54.6 Å². The Morgan fingerprint density at radius 3 is 2.67 bits per heavy atom. The number of nitrogens with one attached hydrogen (secondary N) is 1. The second-order valence-corrected chi connectivity index (χ2v) is 7.54. The molecule has 0 aliphatic heterocycles. The van der Waals surface area contributed by atoms with Crippen LogP contribution in [-0.4, -0.2) is 31.1 Å². The lowest BCUT2D eigenvalue weighted by Gasteiger charge is -2.04. The summed E-state index contributed by atoms with van der Waals surface area (Å²) in [5.41, 5.74) is 2.65. The van der Waals surface area contributed by atoms with Crippen molar-refractivity contribution in [1.82, 2.24) is 25.2 Å². The van der Waals surface area contributed by atoms with E-state index in [9.17, 15) is 4.79 Å². The zero-order valence-electron chi connectivity index (χ0n) is 14.1. The summed E-state index contributed by atoms with van der Waals surface area (Å²) >= 11 is 4.74. The first-order valence-corrected chi connectivity index (χ1v) is 9.61. The fraction of sp³-hybridized carbons (Fsp3) is 0.0556. The smallest absolute Gasteiger partial charge is 0.279 e. The number of nitrogens with zero attached hydrogens (tertiary/aromatic N) is 5. The molecule has 2 heterocycles. The molecule has 0 atom stereocenters. The number of aromatic nitrogens is 5. The first kappa shape index (κ1) is 17.5. The van der Waals surface area contributed by atoms with Crippen LogP contribution in [-0.2, 0) is 0 Å². The SMILES string of the molecule is Cc1c(C(=O)Nc2nnc(-c3ccccc3)s2)nnn1-c1cccc(Br)c1. The molecule has 134 valence electrons. The highest BCUT2D eigenvalue weighted by Gasteiger charge is 2.19. The Labute approximate surface area is 167 Å². The van der Waals surface area contributed by atoms with Gasteiger partial charge in [-0.15, -0.1) is 15.3 Å². The van der Waals surface area contributed by atoms with Gasteiger partial charge in [0.2, 0.25) is 5.13 Å². The first-order valence-electron chi connectivity index (χ1n) is 8.00. The van der Waals surface area contributed by atoms with Gasteiger partial charge in [0, 0.05) is 10.0 Å². The van der Waals surface area contributed by atoms with Gasteiger partial charge in [0.05, 0.1) is 11.4 Å². The van der Waals surface area contributed by atoms with E-state index in [1.165, 1.54) is 11.3 Å². The van der Waals surface area contributed by atoms with Crippen molar-refractivity contribution in [1.29, 1.82) is 0 Å². The minimum Gasteiger partial charge on any atom is -0.295 e. The van der Waals surface area contributed by atoms with Gasteiger partial charge in [-0.25, -0.2) is 4.68 Å². The van der Waals surface area contributed by atoms with Gasteiger partial charge in [-0.05, 0) is 25.1 Å². The second-order valence-electron chi connectivity index (χ2n) is 5.65. The molecule has 7 nitrogen and oxygen atoms in total. The van der Waals surface area contributed by atoms with E-state index in [0.717, 1.165) is 20.7 Å². The van der Waals surface area contributed by atoms with Crippen molar-refractivity contribution >= 4 is 38.3 Å². The lowest BCUT2D eigenvalue weighted by molar-refractivity contribution is 0.102. The van der Waals surface area contributed by atoms with E-state index in [4.69, 9.17) is 0 Å². The van der Waals surface area contributed by atoms with Crippen molar-refractivity contribution in [2.24, 2.45) is 0 Å². The third-order valence-corrected chi connectivity index (χ3v) is 5.21. The molecule has 0 saturated carbocycles.